The van der Waals surface area contributed by atoms with Gasteiger partial charge in [0, 0.05) is 12.4 Å². The summed E-state index contributed by atoms with van der Waals surface area (Å²) in [4.78, 5) is 11.2. The monoisotopic (exact) mass is 207 g/mol. The number of rotatable bonds is 4. The first-order chi connectivity index (χ1) is 7.27. The lowest BCUT2D eigenvalue weighted by molar-refractivity contribution is -0.121. The van der Waals surface area contributed by atoms with Crippen molar-refractivity contribution in [3.63, 3.8) is 0 Å². The molecule has 2 rings (SSSR count). The fourth-order valence-corrected chi connectivity index (χ4v) is 1.19. The summed E-state index contributed by atoms with van der Waals surface area (Å²) in [6, 6.07) is -0.603. The highest BCUT2D eigenvalue weighted by atomic mass is 16.1. The lowest BCUT2D eigenvalue weighted by atomic mass is 10.3. The predicted molar refractivity (Wildman–Crippen MR) is 48.3 cm³/mol. The highest BCUT2D eigenvalue weighted by Crippen LogP contribution is 2.05. The van der Waals surface area contributed by atoms with Crippen molar-refractivity contribution in [3.05, 3.63) is 24.8 Å². The molecule has 2 heterocycles. The van der Waals surface area contributed by atoms with Crippen LogP contribution in [-0.2, 0) is 11.3 Å². The number of hydrogen-bond acceptors (Lipinski definition) is 5. The van der Waals surface area contributed by atoms with E-state index in [1.807, 2.05) is 0 Å². The molecule has 0 aliphatic heterocycles. The second-order valence-electron chi connectivity index (χ2n) is 2.93. The van der Waals surface area contributed by atoms with Gasteiger partial charge in [-0.2, -0.15) is 0 Å². The molecule has 0 bridgehead atoms. The van der Waals surface area contributed by atoms with Gasteiger partial charge in [-0.25, -0.2) is 9.36 Å². The Morgan fingerprint density at radius 3 is 2.53 bits per heavy atom. The van der Waals surface area contributed by atoms with Gasteiger partial charge in [-0.05, 0) is 0 Å². The topological polar surface area (TPSA) is 105 Å². The maximum Gasteiger partial charge on any atom is 0.244 e. The van der Waals surface area contributed by atoms with Gasteiger partial charge in [-0.3, -0.25) is 4.79 Å². The van der Waals surface area contributed by atoms with Gasteiger partial charge >= 0.3 is 0 Å². The Hall–Kier alpha value is -2.25. The van der Waals surface area contributed by atoms with Gasteiger partial charge in [0.25, 0.3) is 0 Å². The lowest BCUT2D eigenvalue weighted by Gasteiger charge is -2.12. The summed E-state index contributed by atoms with van der Waals surface area (Å²) in [6.45, 7) is 0.290. The van der Waals surface area contributed by atoms with E-state index in [9.17, 15) is 4.79 Å². The standard InChI is InChI=1S/C7H9N7O/c8-7(15)6(14-4-2-10-12-14)5-13-3-1-9-11-13/h1-4,6H,5H2,(H2,8,15). The molecule has 0 aliphatic carbocycles. The number of carbonyl (C=O) groups excluding carboxylic acids is 1. The Morgan fingerprint density at radius 2 is 2.00 bits per heavy atom. The molecule has 1 amide bonds. The highest BCUT2D eigenvalue weighted by Gasteiger charge is 2.19. The first-order valence-corrected chi connectivity index (χ1v) is 4.26. The molecular weight excluding hydrogens is 198 g/mol. The maximum atomic E-state index is 11.2. The van der Waals surface area contributed by atoms with Crippen LogP contribution in [0.1, 0.15) is 6.04 Å². The van der Waals surface area contributed by atoms with E-state index in [2.05, 4.69) is 20.6 Å². The fraction of sp³-hybridized carbons (Fsp3) is 0.286. The van der Waals surface area contributed by atoms with Crippen LogP contribution in [0.2, 0.25) is 0 Å². The summed E-state index contributed by atoms with van der Waals surface area (Å²) >= 11 is 0. The van der Waals surface area contributed by atoms with Crippen LogP contribution < -0.4 is 5.73 Å². The van der Waals surface area contributed by atoms with E-state index in [-0.39, 0.29) is 0 Å². The van der Waals surface area contributed by atoms with Crippen molar-refractivity contribution in [3.8, 4) is 0 Å². The fourth-order valence-electron chi connectivity index (χ4n) is 1.19. The summed E-state index contributed by atoms with van der Waals surface area (Å²) in [5.41, 5.74) is 5.26. The summed E-state index contributed by atoms with van der Waals surface area (Å²) in [5, 5.41) is 14.7. The zero-order valence-electron chi connectivity index (χ0n) is 7.76. The average Bonchev–Trinajstić information content (AvgIpc) is 2.87. The van der Waals surface area contributed by atoms with Crippen LogP contribution in [-0.4, -0.2) is 35.9 Å². The van der Waals surface area contributed by atoms with Crippen LogP contribution in [0.3, 0.4) is 0 Å². The SMILES string of the molecule is NC(=O)C(Cn1ccnn1)n1ccnn1. The van der Waals surface area contributed by atoms with E-state index >= 15 is 0 Å². The largest absolute Gasteiger partial charge is 0.368 e. The number of hydrogen-bond donors (Lipinski definition) is 1. The minimum absolute atomic E-state index is 0.290. The van der Waals surface area contributed by atoms with Crippen molar-refractivity contribution < 1.29 is 4.79 Å². The van der Waals surface area contributed by atoms with E-state index in [4.69, 9.17) is 5.73 Å². The Bertz CT molecular complexity index is 420. The van der Waals surface area contributed by atoms with Crippen LogP contribution in [0.5, 0.6) is 0 Å². The van der Waals surface area contributed by atoms with Gasteiger partial charge < -0.3 is 5.73 Å². The molecule has 0 saturated heterocycles. The van der Waals surface area contributed by atoms with Crippen molar-refractivity contribution in [1.29, 1.82) is 0 Å². The second-order valence-corrected chi connectivity index (χ2v) is 2.93. The molecule has 78 valence electrons. The predicted octanol–water partition coefficient (Wildman–Crippen LogP) is -1.40. The van der Waals surface area contributed by atoms with E-state index < -0.39 is 11.9 Å². The molecule has 2 N–H and O–H groups in total. The molecule has 0 saturated carbocycles. The molecular formula is C7H9N7O. The first kappa shape index (κ1) is 9.31. The number of aromatic nitrogens is 6. The summed E-state index contributed by atoms with van der Waals surface area (Å²) in [5.74, 6) is -0.490. The van der Waals surface area contributed by atoms with Crippen molar-refractivity contribution in [2.45, 2.75) is 12.6 Å². The third-order valence-electron chi connectivity index (χ3n) is 1.92. The summed E-state index contributed by atoms with van der Waals surface area (Å²) in [7, 11) is 0. The van der Waals surface area contributed by atoms with Gasteiger partial charge in [-0.1, -0.05) is 10.4 Å². The molecule has 2 aromatic heterocycles. The lowest BCUT2D eigenvalue weighted by Crippen LogP contribution is -2.30. The third-order valence-corrected chi connectivity index (χ3v) is 1.92. The summed E-state index contributed by atoms with van der Waals surface area (Å²) < 4.78 is 2.90. The summed E-state index contributed by atoms with van der Waals surface area (Å²) in [6.07, 6.45) is 6.23. The van der Waals surface area contributed by atoms with Gasteiger partial charge in [0.05, 0.1) is 18.9 Å². The molecule has 1 atom stereocenters. The van der Waals surface area contributed by atoms with Gasteiger partial charge in [0.1, 0.15) is 0 Å². The van der Waals surface area contributed by atoms with E-state index in [0.717, 1.165) is 0 Å². The zero-order valence-corrected chi connectivity index (χ0v) is 7.76. The number of nitrogens with two attached hydrogens (primary N) is 1. The molecule has 8 heteroatoms. The van der Waals surface area contributed by atoms with Gasteiger partial charge in [0.15, 0.2) is 6.04 Å². The Balaban J connectivity index is 2.18. The molecule has 0 radical (unpaired) electrons. The molecule has 0 aromatic carbocycles. The molecule has 15 heavy (non-hydrogen) atoms. The van der Waals surface area contributed by atoms with Crippen molar-refractivity contribution >= 4 is 5.91 Å². The Labute approximate surface area is 84.7 Å². The highest BCUT2D eigenvalue weighted by molar-refractivity contribution is 5.78. The van der Waals surface area contributed by atoms with Crippen molar-refractivity contribution in [2.75, 3.05) is 0 Å². The van der Waals surface area contributed by atoms with Crippen molar-refractivity contribution in [2.24, 2.45) is 5.73 Å². The van der Waals surface area contributed by atoms with Crippen LogP contribution >= 0.6 is 0 Å². The van der Waals surface area contributed by atoms with Crippen LogP contribution in [0.15, 0.2) is 24.8 Å². The molecule has 0 fully saturated rings. The van der Waals surface area contributed by atoms with E-state index in [1.54, 1.807) is 12.4 Å². The minimum atomic E-state index is -0.603. The zero-order chi connectivity index (χ0) is 10.7. The van der Waals surface area contributed by atoms with Gasteiger partial charge in [0.2, 0.25) is 5.91 Å². The number of primary amides is 1. The van der Waals surface area contributed by atoms with E-state index in [1.165, 1.54) is 21.8 Å². The molecule has 2 aromatic rings. The minimum Gasteiger partial charge on any atom is -0.368 e. The van der Waals surface area contributed by atoms with Crippen LogP contribution in [0.25, 0.3) is 0 Å². The smallest absolute Gasteiger partial charge is 0.244 e. The normalized spacial score (nSPS) is 12.5. The average molecular weight is 207 g/mol. The van der Waals surface area contributed by atoms with Crippen LogP contribution in [0, 0.1) is 0 Å². The molecule has 8 nitrogen and oxygen atoms in total. The Kier molecular flexibility index (Phi) is 2.40. The second kappa shape index (κ2) is 3.86. The van der Waals surface area contributed by atoms with Crippen molar-refractivity contribution in [1.82, 2.24) is 30.0 Å². The molecule has 1 unspecified atom stereocenters. The molecule has 0 aliphatic rings. The van der Waals surface area contributed by atoms with Gasteiger partial charge in [-0.15, -0.1) is 10.2 Å². The maximum absolute atomic E-state index is 11.2. The third kappa shape index (κ3) is 1.98. The number of carbonyl (C=O) groups is 1. The van der Waals surface area contributed by atoms with E-state index in [0.29, 0.717) is 6.54 Å². The number of nitrogens with zero attached hydrogens (tertiary/aromatic N) is 6. The van der Waals surface area contributed by atoms with Crippen LogP contribution in [0.4, 0.5) is 0 Å². The quantitative estimate of drug-likeness (QED) is 0.663. The Morgan fingerprint density at radius 1 is 1.27 bits per heavy atom. The first-order valence-electron chi connectivity index (χ1n) is 4.26. The number of amides is 1. The molecule has 0 spiro atoms.